The van der Waals surface area contributed by atoms with Gasteiger partial charge >= 0.3 is 0 Å². The Kier molecular flexibility index (Phi) is 5.01. The van der Waals surface area contributed by atoms with Crippen molar-refractivity contribution in [1.82, 2.24) is 5.32 Å². The van der Waals surface area contributed by atoms with E-state index in [2.05, 4.69) is 11.4 Å². The molecule has 0 radical (unpaired) electrons. The van der Waals surface area contributed by atoms with Gasteiger partial charge in [-0.1, -0.05) is 23.8 Å². The van der Waals surface area contributed by atoms with Crippen molar-refractivity contribution < 1.29 is 9.90 Å². The lowest BCUT2D eigenvalue weighted by Crippen LogP contribution is -2.26. The standard InChI is InChI=1S/C16H21NO2/c18-15-8-6-13(7-9-15)10-11-17-16(19)12-14-4-2-1-3-5-14/h4,6-9,18H,1-3,5,10-12H2,(H,17,19). The zero-order valence-electron chi connectivity index (χ0n) is 11.2. The van der Waals surface area contributed by atoms with E-state index in [0.717, 1.165) is 24.8 Å². The van der Waals surface area contributed by atoms with Gasteiger partial charge in [-0.25, -0.2) is 0 Å². The first-order chi connectivity index (χ1) is 9.24. The van der Waals surface area contributed by atoms with Gasteiger partial charge in [-0.05, 0) is 49.8 Å². The molecular formula is C16H21NO2. The van der Waals surface area contributed by atoms with E-state index >= 15 is 0 Å². The van der Waals surface area contributed by atoms with Gasteiger partial charge in [-0.2, -0.15) is 0 Å². The van der Waals surface area contributed by atoms with Gasteiger partial charge in [0.25, 0.3) is 0 Å². The molecule has 1 amide bonds. The smallest absolute Gasteiger partial charge is 0.224 e. The van der Waals surface area contributed by atoms with Crippen molar-refractivity contribution in [1.29, 1.82) is 0 Å². The summed E-state index contributed by atoms with van der Waals surface area (Å²) >= 11 is 0. The van der Waals surface area contributed by atoms with Crippen LogP contribution in [0.1, 0.15) is 37.7 Å². The van der Waals surface area contributed by atoms with Crippen LogP contribution in [0.3, 0.4) is 0 Å². The van der Waals surface area contributed by atoms with Gasteiger partial charge in [-0.3, -0.25) is 4.79 Å². The minimum Gasteiger partial charge on any atom is -0.508 e. The summed E-state index contributed by atoms with van der Waals surface area (Å²) in [5, 5.41) is 12.1. The van der Waals surface area contributed by atoms with Crippen LogP contribution in [0, 0.1) is 0 Å². The van der Waals surface area contributed by atoms with Gasteiger partial charge in [0.2, 0.25) is 5.91 Å². The normalized spacial score (nSPS) is 14.8. The molecule has 1 aromatic rings. The Morgan fingerprint density at radius 2 is 2.00 bits per heavy atom. The molecule has 2 rings (SSSR count). The number of phenols is 1. The number of rotatable bonds is 5. The number of hydrogen-bond acceptors (Lipinski definition) is 2. The molecule has 0 spiro atoms. The minimum atomic E-state index is 0.118. The molecule has 0 unspecified atom stereocenters. The van der Waals surface area contributed by atoms with Crippen LogP contribution in [0.2, 0.25) is 0 Å². The van der Waals surface area contributed by atoms with E-state index in [1.54, 1.807) is 12.1 Å². The SMILES string of the molecule is O=C(CC1=CCCCC1)NCCc1ccc(O)cc1. The van der Waals surface area contributed by atoms with Crippen LogP contribution in [0.5, 0.6) is 5.75 Å². The topological polar surface area (TPSA) is 49.3 Å². The summed E-state index contributed by atoms with van der Waals surface area (Å²) in [6, 6.07) is 7.10. The van der Waals surface area contributed by atoms with Crippen molar-refractivity contribution in [3.05, 3.63) is 41.5 Å². The van der Waals surface area contributed by atoms with E-state index in [1.807, 2.05) is 12.1 Å². The number of carbonyl (C=O) groups excluding carboxylic acids is 1. The molecule has 0 bridgehead atoms. The number of aromatic hydroxyl groups is 1. The average Bonchev–Trinajstić information content (AvgIpc) is 2.42. The predicted octanol–water partition coefficient (Wildman–Crippen LogP) is 2.94. The van der Waals surface area contributed by atoms with E-state index < -0.39 is 0 Å². The lowest BCUT2D eigenvalue weighted by molar-refractivity contribution is -0.120. The Balaban J connectivity index is 1.69. The number of nitrogens with one attached hydrogen (secondary N) is 1. The zero-order chi connectivity index (χ0) is 13.5. The van der Waals surface area contributed by atoms with E-state index in [-0.39, 0.29) is 11.7 Å². The first-order valence-electron chi connectivity index (χ1n) is 6.96. The van der Waals surface area contributed by atoms with Crippen LogP contribution in [0.4, 0.5) is 0 Å². The second-order valence-corrected chi connectivity index (χ2v) is 5.05. The highest BCUT2D eigenvalue weighted by molar-refractivity contribution is 5.78. The summed E-state index contributed by atoms with van der Waals surface area (Å²) in [5.74, 6) is 0.393. The second kappa shape index (κ2) is 6.98. The number of phenolic OH excluding ortho intramolecular Hbond substituents is 1. The highest BCUT2D eigenvalue weighted by Gasteiger charge is 2.08. The van der Waals surface area contributed by atoms with Gasteiger partial charge in [0, 0.05) is 13.0 Å². The molecule has 3 heteroatoms. The lowest BCUT2D eigenvalue weighted by Gasteiger charge is -2.12. The van der Waals surface area contributed by atoms with Crippen molar-refractivity contribution in [3.8, 4) is 5.75 Å². The highest BCUT2D eigenvalue weighted by atomic mass is 16.3. The van der Waals surface area contributed by atoms with Crippen molar-refractivity contribution in [2.24, 2.45) is 0 Å². The largest absolute Gasteiger partial charge is 0.508 e. The van der Waals surface area contributed by atoms with Crippen LogP contribution < -0.4 is 5.32 Å². The predicted molar refractivity (Wildman–Crippen MR) is 76.0 cm³/mol. The Morgan fingerprint density at radius 3 is 2.68 bits per heavy atom. The molecule has 0 heterocycles. The quantitative estimate of drug-likeness (QED) is 0.799. The third-order valence-electron chi connectivity index (χ3n) is 3.44. The molecule has 0 fully saturated rings. The monoisotopic (exact) mass is 259 g/mol. The second-order valence-electron chi connectivity index (χ2n) is 5.05. The van der Waals surface area contributed by atoms with Crippen LogP contribution in [-0.2, 0) is 11.2 Å². The van der Waals surface area contributed by atoms with E-state index in [1.165, 1.54) is 18.4 Å². The fourth-order valence-corrected chi connectivity index (χ4v) is 2.34. The van der Waals surface area contributed by atoms with Crippen molar-refractivity contribution in [2.45, 2.75) is 38.5 Å². The molecular weight excluding hydrogens is 238 g/mol. The number of hydrogen-bond donors (Lipinski definition) is 2. The maximum absolute atomic E-state index is 11.8. The Hall–Kier alpha value is -1.77. The van der Waals surface area contributed by atoms with Crippen LogP contribution in [-0.4, -0.2) is 17.6 Å². The summed E-state index contributed by atoms with van der Waals surface area (Å²) in [5.41, 5.74) is 2.41. The molecule has 3 nitrogen and oxygen atoms in total. The molecule has 1 aliphatic rings. The maximum atomic E-state index is 11.8. The molecule has 0 aromatic heterocycles. The number of amides is 1. The van der Waals surface area contributed by atoms with E-state index in [0.29, 0.717) is 13.0 Å². The van der Waals surface area contributed by atoms with E-state index in [4.69, 9.17) is 0 Å². The fraction of sp³-hybridized carbons (Fsp3) is 0.438. The summed E-state index contributed by atoms with van der Waals surface area (Å²) < 4.78 is 0. The summed E-state index contributed by atoms with van der Waals surface area (Å²) in [6.45, 7) is 0.650. The Bertz CT molecular complexity index is 448. The lowest BCUT2D eigenvalue weighted by atomic mass is 9.97. The molecule has 0 atom stereocenters. The molecule has 0 aliphatic heterocycles. The first kappa shape index (κ1) is 13.7. The minimum absolute atomic E-state index is 0.118. The van der Waals surface area contributed by atoms with Crippen molar-refractivity contribution in [3.63, 3.8) is 0 Å². The molecule has 0 saturated carbocycles. The maximum Gasteiger partial charge on any atom is 0.224 e. The fourth-order valence-electron chi connectivity index (χ4n) is 2.34. The summed E-state index contributed by atoms with van der Waals surface area (Å²) in [7, 11) is 0. The number of allylic oxidation sites excluding steroid dienone is 1. The van der Waals surface area contributed by atoms with Crippen LogP contribution >= 0.6 is 0 Å². The van der Waals surface area contributed by atoms with Crippen LogP contribution in [0.25, 0.3) is 0 Å². The molecule has 102 valence electrons. The van der Waals surface area contributed by atoms with Crippen molar-refractivity contribution in [2.75, 3.05) is 6.54 Å². The van der Waals surface area contributed by atoms with Crippen LogP contribution in [0.15, 0.2) is 35.9 Å². The first-order valence-corrected chi connectivity index (χ1v) is 6.96. The zero-order valence-corrected chi connectivity index (χ0v) is 11.2. The van der Waals surface area contributed by atoms with Gasteiger partial charge in [0.1, 0.15) is 5.75 Å². The molecule has 1 aromatic carbocycles. The number of carbonyl (C=O) groups is 1. The molecule has 1 aliphatic carbocycles. The number of benzene rings is 1. The molecule has 0 saturated heterocycles. The van der Waals surface area contributed by atoms with Gasteiger partial charge in [0.15, 0.2) is 0 Å². The van der Waals surface area contributed by atoms with Gasteiger partial charge in [0.05, 0.1) is 0 Å². The summed E-state index contributed by atoms with van der Waals surface area (Å²) in [4.78, 5) is 11.8. The van der Waals surface area contributed by atoms with Gasteiger partial charge in [-0.15, -0.1) is 0 Å². The average molecular weight is 259 g/mol. The third kappa shape index (κ3) is 4.78. The molecule has 19 heavy (non-hydrogen) atoms. The van der Waals surface area contributed by atoms with Gasteiger partial charge < -0.3 is 10.4 Å². The summed E-state index contributed by atoms with van der Waals surface area (Å²) in [6.07, 6.45) is 8.23. The van der Waals surface area contributed by atoms with E-state index in [9.17, 15) is 9.90 Å². The Labute approximate surface area is 114 Å². The van der Waals surface area contributed by atoms with Crippen molar-refractivity contribution >= 4 is 5.91 Å². The molecule has 2 N–H and O–H groups in total. The Morgan fingerprint density at radius 1 is 1.21 bits per heavy atom. The highest BCUT2D eigenvalue weighted by Crippen LogP contribution is 2.19. The third-order valence-corrected chi connectivity index (χ3v) is 3.44.